The minimum Gasteiger partial charge on any atom is -0.313 e. The van der Waals surface area contributed by atoms with Gasteiger partial charge in [-0.15, -0.1) is 0 Å². The first-order valence-corrected chi connectivity index (χ1v) is 6.96. The molecule has 0 aliphatic carbocycles. The van der Waals surface area contributed by atoms with Gasteiger partial charge in [0, 0.05) is 6.04 Å². The number of hydrogen-bond acceptors (Lipinski definition) is 1. The topological polar surface area (TPSA) is 12.0 Å². The first-order chi connectivity index (χ1) is 8.22. The van der Waals surface area contributed by atoms with Crippen molar-refractivity contribution in [1.29, 1.82) is 0 Å². The number of hydrogen-bond donors (Lipinski definition) is 1. The van der Waals surface area contributed by atoms with E-state index in [-0.39, 0.29) is 0 Å². The number of unbranched alkanes of at least 4 members (excludes halogenated alkanes) is 1. The molecule has 0 aliphatic rings. The van der Waals surface area contributed by atoms with Gasteiger partial charge < -0.3 is 5.32 Å². The van der Waals surface area contributed by atoms with E-state index in [4.69, 9.17) is 0 Å². The van der Waals surface area contributed by atoms with Crippen LogP contribution in [0.2, 0.25) is 0 Å². The Balaban J connectivity index is 2.77. The molecule has 1 heteroatoms. The summed E-state index contributed by atoms with van der Waals surface area (Å²) >= 11 is 0. The molecule has 0 bridgehead atoms. The fourth-order valence-corrected chi connectivity index (χ4v) is 2.52. The second-order valence-electron chi connectivity index (χ2n) is 4.99. The van der Waals surface area contributed by atoms with Gasteiger partial charge in [0.15, 0.2) is 0 Å². The summed E-state index contributed by atoms with van der Waals surface area (Å²) in [4.78, 5) is 0. The Kier molecular flexibility index (Phi) is 6.28. The second-order valence-corrected chi connectivity index (χ2v) is 4.99. The quantitative estimate of drug-likeness (QED) is 0.732. The second kappa shape index (κ2) is 7.50. The molecular weight excluding hydrogens is 206 g/mol. The normalized spacial score (nSPS) is 14.6. The maximum atomic E-state index is 3.50. The van der Waals surface area contributed by atoms with E-state index in [2.05, 4.69) is 57.4 Å². The summed E-state index contributed by atoms with van der Waals surface area (Å²) in [6, 6.07) is 9.47. The lowest BCUT2D eigenvalue weighted by atomic mass is 9.87. The van der Waals surface area contributed by atoms with Gasteiger partial charge in [0.1, 0.15) is 0 Å². The van der Waals surface area contributed by atoms with Crippen LogP contribution in [0.3, 0.4) is 0 Å². The minimum absolute atomic E-state index is 0.507. The minimum atomic E-state index is 0.507. The Morgan fingerprint density at radius 3 is 2.24 bits per heavy atom. The molecule has 0 aromatic heterocycles. The molecular formula is C16H27N. The zero-order chi connectivity index (χ0) is 12.7. The molecule has 0 aliphatic heterocycles. The number of nitrogens with one attached hydrogen (secondary N) is 1. The van der Waals surface area contributed by atoms with Crippen molar-refractivity contribution in [3.63, 3.8) is 0 Å². The summed E-state index contributed by atoms with van der Waals surface area (Å²) in [5.74, 6) is 0.752. The highest BCUT2D eigenvalue weighted by atomic mass is 14.9. The van der Waals surface area contributed by atoms with E-state index in [0.29, 0.717) is 6.04 Å². The van der Waals surface area contributed by atoms with Crippen LogP contribution in [0.15, 0.2) is 24.3 Å². The maximum Gasteiger partial charge on any atom is 0.0346 e. The SMILES string of the molecule is CCCCC(CC)C(NC)c1ccc(C)cc1. The zero-order valence-corrected chi connectivity index (χ0v) is 11.8. The van der Waals surface area contributed by atoms with Crippen LogP contribution in [0, 0.1) is 12.8 Å². The molecule has 0 fully saturated rings. The molecule has 1 aromatic rings. The fourth-order valence-electron chi connectivity index (χ4n) is 2.52. The molecule has 17 heavy (non-hydrogen) atoms. The predicted molar refractivity (Wildman–Crippen MR) is 76.3 cm³/mol. The molecule has 0 radical (unpaired) electrons. The molecule has 0 saturated carbocycles. The van der Waals surface area contributed by atoms with Crippen LogP contribution >= 0.6 is 0 Å². The van der Waals surface area contributed by atoms with E-state index in [9.17, 15) is 0 Å². The van der Waals surface area contributed by atoms with Crippen molar-refractivity contribution >= 4 is 0 Å². The Labute approximate surface area is 107 Å². The maximum absolute atomic E-state index is 3.50. The molecule has 1 aromatic carbocycles. The molecule has 0 saturated heterocycles. The average molecular weight is 233 g/mol. The largest absolute Gasteiger partial charge is 0.313 e. The van der Waals surface area contributed by atoms with Gasteiger partial charge in [-0.05, 0) is 31.9 Å². The van der Waals surface area contributed by atoms with E-state index in [1.807, 2.05) is 0 Å². The highest BCUT2D eigenvalue weighted by Gasteiger charge is 2.19. The molecule has 1 rings (SSSR count). The van der Waals surface area contributed by atoms with Gasteiger partial charge >= 0.3 is 0 Å². The third-order valence-corrected chi connectivity index (χ3v) is 3.67. The lowest BCUT2D eigenvalue weighted by Crippen LogP contribution is -2.25. The van der Waals surface area contributed by atoms with E-state index in [1.165, 1.54) is 36.8 Å². The fraction of sp³-hybridized carbons (Fsp3) is 0.625. The van der Waals surface area contributed by atoms with Gasteiger partial charge in [0.05, 0.1) is 0 Å². The van der Waals surface area contributed by atoms with Crippen LogP contribution in [0.1, 0.15) is 56.7 Å². The summed E-state index contributed by atoms with van der Waals surface area (Å²) < 4.78 is 0. The smallest absolute Gasteiger partial charge is 0.0346 e. The number of aryl methyl sites for hydroxylation is 1. The Morgan fingerprint density at radius 2 is 1.76 bits per heavy atom. The van der Waals surface area contributed by atoms with Crippen LogP contribution < -0.4 is 5.32 Å². The highest BCUT2D eigenvalue weighted by molar-refractivity contribution is 5.24. The predicted octanol–water partition coefficient (Wildman–Crippen LogP) is 4.47. The summed E-state index contributed by atoms with van der Waals surface area (Å²) in [6.07, 6.45) is 5.20. The highest BCUT2D eigenvalue weighted by Crippen LogP contribution is 2.28. The van der Waals surface area contributed by atoms with E-state index in [1.54, 1.807) is 0 Å². The monoisotopic (exact) mass is 233 g/mol. The van der Waals surface area contributed by atoms with E-state index < -0.39 is 0 Å². The third-order valence-electron chi connectivity index (χ3n) is 3.67. The van der Waals surface area contributed by atoms with Crippen LogP contribution in [-0.2, 0) is 0 Å². The third kappa shape index (κ3) is 4.16. The van der Waals surface area contributed by atoms with Gasteiger partial charge in [0.2, 0.25) is 0 Å². The van der Waals surface area contributed by atoms with Crippen molar-refractivity contribution in [3.05, 3.63) is 35.4 Å². The zero-order valence-electron chi connectivity index (χ0n) is 11.8. The van der Waals surface area contributed by atoms with Crippen LogP contribution in [0.25, 0.3) is 0 Å². The van der Waals surface area contributed by atoms with Gasteiger partial charge in [-0.2, -0.15) is 0 Å². The number of benzene rings is 1. The van der Waals surface area contributed by atoms with Crippen molar-refractivity contribution in [1.82, 2.24) is 5.32 Å². The molecule has 2 atom stereocenters. The van der Waals surface area contributed by atoms with Gasteiger partial charge in [-0.1, -0.05) is 62.9 Å². The summed E-state index contributed by atoms with van der Waals surface area (Å²) in [5, 5.41) is 3.50. The first-order valence-electron chi connectivity index (χ1n) is 6.96. The summed E-state index contributed by atoms with van der Waals surface area (Å²) in [7, 11) is 2.08. The summed E-state index contributed by atoms with van der Waals surface area (Å²) in [5.41, 5.74) is 2.77. The van der Waals surface area contributed by atoms with Crippen molar-refractivity contribution < 1.29 is 0 Å². The lowest BCUT2D eigenvalue weighted by Gasteiger charge is -2.26. The van der Waals surface area contributed by atoms with Crippen LogP contribution in [-0.4, -0.2) is 7.05 Å². The molecule has 1 nitrogen and oxygen atoms in total. The lowest BCUT2D eigenvalue weighted by molar-refractivity contribution is 0.339. The molecule has 0 amide bonds. The molecule has 0 heterocycles. The average Bonchev–Trinajstić information content (AvgIpc) is 2.36. The van der Waals surface area contributed by atoms with Gasteiger partial charge in [-0.25, -0.2) is 0 Å². The molecule has 96 valence electrons. The van der Waals surface area contributed by atoms with Crippen molar-refractivity contribution in [2.75, 3.05) is 7.05 Å². The van der Waals surface area contributed by atoms with Gasteiger partial charge in [0.25, 0.3) is 0 Å². The van der Waals surface area contributed by atoms with Crippen LogP contribution in [0.4, 0.5) is 0 Å². The Hall–Kier alpha value is -0.820. The molecule has 2 unspecified atom stereocenters. The molecule has 0 spiro atoms. The number of rotatable bonds is 7. The van der Waals surface area contributed by atoms with E-state index in [0.717, 1.165) is 5.92 Å². The Bertz CT molecular complexity index is 302. The van der Waals surface area contributed by atoms with Crippen molar-refractivity contribution in [3.8, 4) is 0 Å². The molecule has 1 N–H and O–H groups in total. The van der Waals surface area contributed by atoms with Gasteiger partial charge in [-0.3, -0.25) is 0 Å². The Morgan fingerprint density at radius 1 is 1.12 bits per heavy atom. The summed E-state index contributed by atoms with van der Waals surface area (Å²) in [6.45, 7) is 6.72. The first kappa shape index (κ1) is 14.2. The van der Waals surface area contributed by atoms with Crippen molar-refractivity contribution in [2.24, 2.45) is 5.92 Å². The van der Waals surface area contributed by atoms with Crippen LogP contribution in [0.5, 0.6) is 0 Å². The van der Waals surface area contributed by atoms with E-state index >= 15 is 0 Å². The standard InChI is InChI=1S/C16H27N/c1-5-7-8-14(6-2)16(17-4)15-11-9-13(3)10-12-15/h9-12,14,16-17H,5-8H2,1-4H3. The van der Waals surface area contributed by atoms with Crippen molar-refractivity contribution in [2.45, 2.75) is 52.5 Å².